The molecule has 2 atom stereocenters. The number of amides is 1. The van der Waals surface area contributed by atoms with Gasteiger partial charge in [-0.05, 0) is 25.3 Å². The molecule has 1 saturated carbocycles. The molecule has 0 radical (unpaired) electrons. The van der Waals surface area contributed by atoms with Crippen molar-refractivity contribution < 1.29 is 19.0 Å². The van der Waals surface area contributed by atoms with E-state index in [-0.39, 0.29) is 18.1 Å². The van der Waals surface area contributed by atoms with Crippen LogP contribution in [0.1, 0.15) is 29.6 Å². The lowest BCUT2D eigenvalue weighted by molar-refractivity contribution is 0.0722. The second kappa shape index (κ2) is 6.67. The van der Waals surface area contributed by atoms with Crippen molar-refractivity contribution in [3.05, 3.63) is 17.7 Å². The first-order valence-electron chi connectivity index (χ1n) is 6.95. The summed E-state index contributed by atoms with van der Waals surface area (Å²) in [6.07, 6.45) is 2.96. The van der Waals surface area contributed by atoms with Crippen molar-refractivity contribution >= 4 is 11.6 Å². The summed E-state index contributed by atoms with van der Waals surface area (Å²) >= 11 is 0. The van der Waals surface area contributed by atoms with Gasteiger partial charge in [-0.15, -0.1) is 0 Å². The Balaban J connectivity index is 2.22. The Hall–Kier alpha value is -1.95. The maximum atomic E-state index is 12.5. The number of nitrogens with one attached hydrogen (secondary N) is 1. The van der Waals surface area contributed by atoms with E-state index in [1.807, 2.05) is 0 Å². The van der Waals surface area contributed by atoms with Crippen LogP contribution in [0.3, 0.4) is 0 Å². The zero-order chi connectivity index (χ0) is 15.4. The molecule has 2 rings (SSSR count). The van der Waals surface area contributed by atoms with Crippen LogP contribution in [0.2, 0.25) is 0 Å². The van der Waals surface area contributed by atoms with Crippen LogP contribution in [0.5, 0.6) is 11.5 Å². The second-order valence-corrected chi connectivity index (χ2v) is 5.08. The number of hydrogen-bond acceptors (Lipinski definition) is 5. The molecule has 1 fully saturated rings. The van der Waals surface area contributed by atoms with E-state index in [4.69, 9.17) is 19.9 Å². The number of carbonyl (C=O) groups excluding carboxylic acids is 1. The predicted octanol–water partition coefficient (Wildman–Crippen LogP) is 1.58. The molecule has 6 nitrogen and oxygen atoms in total. The number of rotatable bonds is 5. The van der Waals surface area contributed by atoms with Gasteiger partial charge in [0, 0.05) is 13.2 Å². The lowest BCUT2D eigenvalue weighted by Gasteiger charge is -2.20. The fourth-order valence-electron chi connectivity index (χ4n) is 2.70. The van der Waals surface area contributed by atoms with Crippen molar-refractivity contribution in [1.82, 2.24) is 5.32 Å². The van der Waals surface area contributed by atoms with Crippen LogP contribution in [0.25, 0.3) is 0 Å². The first-order valence-corrected chi connectivity index (χ1v) is 6.95. The standard InChI is InChI=1S/C15H22N2O4/c1-19-9-7-10(14(16)13(8-9)21-3)15(18)17-11-5-4-6-12(11)20-2/h7-8,11-12H,4-6,16H2,1-3H3,(H,17,18). The van der Waals surface area contributed by atoms with E-state index in [1.54, 1.807) is 19.2 Å². The number of anilines is 1. The molecule has 21 heavy (non-hydrogen) atoms. The van der Waals surface area contributed by atoms with Crippen LogP contribution in [0.4, 0.5) is 5.69 Å². The van der Waals surface area contributed by atoms with E-state index in [9.17, 15) is 4.79 Å². The summed E-state index contributed by atoms with van der Waals surface area (Å²) in [6.45, 7) is 0. The van der Waals surface area contributed by atoms with E-state index in [1.165, 1.54) is 14.2 Å². The largest absolute Gasteiger partial charge is 0.497 e. The minimum Gasteiger partial charge on any atom is -0.497 e. The van der Waals surface area contributed by atoms with Crippen molar-refractivity contribution in [2.75, 3.05) is 27.1 Å². The molecule has 1 aliphatic rings. The van der Waals surface area contributed by atoms with E-state index in [0.717, 1.165) is 19.3 Å². The maximum Gasteiger partial charge on any atom is 0.253 e. The quantitative estimate of drug-likeness (QED) is 0.806. The third-order valence-corrected chi connectivity index (χ3v) is 3.89. The molecule has 0 bridgehead atoms. The maximum absolute atomic E-state index is 12.5. The molecule has 0 saturated heterocycles. The average Bonchev–Trinajstić information content (AvgIpc) is 2.94. The monoisotopic (exact) mass is 294 g/mol. The molecule has 1 amide bonds. The Morgan fingerprint density at radius 2 is 2.00 bits per heavy atom. The number of carbonyl (C=O) groups is 1. The van der Waals surface area contributed by atoms with Gasteiger partial charge in [-0.1, -0.05) is 0 Å². The van der Waals surface area contributed by atoms with E-state index in [0.29, 0.717) is 22.7 Å². The SMILES string of the molecule is COc1cc(OC)c(N)c(C(=O)NC2CCCC2OC)c1. The molecule has 0 aliphatic heterocycles. The summed E-state index contributed by atoms with van der Waals surface area (Å²) in [5.74, 6) is 0.716. The van der Waals surface area contributed by atoms with E-state index in [2.05, 4.69) is 5.32 Å². The molecular formula is C15H22N2O4. The van der Waals surface area contributed by atoms with Gasteiger partial charge >= 0.3 is 0 Å². The van der Waals surface area contributed by atoms with Crippen molar-refractivity contribution in [3.8, 4) is 11.5 Å². The first-order chi connectivity index (χ1) is 10.1. The number of nitrogen functional groups attached to an aromatic ring is 1. The number of benzene rings is 1. The average molecular weight is 294 g/mol. The fourth-order valence-corrected chi connectivity index (χ4v) is 2.70. The lowest BCUT2D eigenvalue weighted by atomic mass is 10.1. The van der Waals surface area contributed by atoms with Gasteiger partial charge in [-0.3, -0.25) is 4.79 Å². The molecule has 0 heterocycles. The Morgan fingerprint density at radius 3 is 2.62 bits per heavy atom. The highest BCUT2D eigenvalue weighted by Crippen LogP contribution is 2.31. The fraction of sp³-hybridized carbons (Fsp3) is 0.533. The Labute approximate surface area is 124 Å². The van der Waals surface area contributed by atoms with Gasteiger partial charge in [-0.2, -0.15) is 0 Å². The Kier molecular flexibility index (Phi) is 4.90. The van der Waals surface area contributed by atoms with Crippen molar-refractivity contribution in [2.45, 2.75) is 31.4 Å². The highest BCUT2D eigenvalue weighted by molar-refractivity contribution is 6.01. The van der Waals surface area contributed by atoms with Crippen molar-refractivity contribution in [1.29, 1.82) is 0 Å². The van der Waals surface area contributed by atoms with Crippen molar-refractivity contribution in [2.24, 2.45) is 0 Å². The third kappa shape index (κ3) is 3.21. The van der Waals surface area contributed by atoms with Gasteiger partial charge in [-0.25, -0.2) is 0 Å². The predicted molar refractivity (Wildman–Crippen MR) is 79.9 cm³/mol. The molecule has 3 N–H and O–H groups in total. The topological polar surface area (TPSA) is 82.8 Å². The summed E-state index contributed by atoms with van der Waals surface area (Å²) < 4.78 is 15.7. The smallest absolute Gasteiger partial charge is 0.253 e. The highest BCUT2D eigenvalue weighted by Gasteiger charge is 2.29. The zero-order valence-electron chi connectivity index (χ0n) is 12.6. The lowest BCUT2D eigenvalue weighted by Crippen LogP contribution is -2.41. The molecule has 1 aromatic rings. The van der Waals surface area contributed by atoms with Crippen LogP contribution in [0.15, 0.2) is 12.1 Å². The van der Waals surface area contributed by atoms with Gasteiger partial charge in [0.1, 0.15) is 11.5 Å². The van der Waals surface area contributed by atoms with Gasteiger partial charge in [0.05, 0.1) is 37.6 Å². The molecule has 0 spiro atoms. The van der Waals surface area contributed by atoms with Gasteiger partial charge in [0.15, 0.2) is 0 Å². The summed E-state index contributed by atoms with van der Waals surface area (Å²) in [6, 6.07) is 3.28. The second-order valence-electron chi connectivity index (χ2n) is 5.08. The summed E-state index contributed by atoms with van der Waals surface area (Å²) in [7, 11) is 4.70. The molecule has 6 heteroatoms. The third-order valence-electron chi connectivity index (χ3n) is 3.89. The van der Waals surface area contributed by atoms with Crippen LogP contribution in [0, 0.1) is 0 Å². The molecule has 2 unspecified atom stereocenters. The van der Waals surface area contributed by atoms with Crippen LogP contribution in [-0.4, -0.2) is 39.4 Å². The van der Waals surface area contributed by atoms with Gasteiger partial charge in [0.25, 0.3) is 5.91 Å². The minimum atomic E-state index is -0.237. The molecule has 116 valence electrons. The molecule has 1 aromatic carbocycles. The minimum absolute atomic E-state index is 0.0131. The van der Waals surface area contributed by atoms with Crippen molar-refractivity contribution in [3.63, 3.8) is 0 Å². The number of ether oxygens (including phenoxy) is 3. The first kappa shape index (κ1) is 15.4. The zero-order valence-corrected chi connectivity index (χ0v) is 12.6. The highest BCUT2D eigenvalue weighted by atomic mass is 16.5. The molecular weight excluding hydrogens is 272 g/mol. The number of nitrogens with two attached hydrogens (primary N) is 1. The van der Waals surface area contributed by atoms with Gasteiger partial charge < -0.3 is 25.3 Å². The summed E-state index contributed by atoms with van der Waals surface area (Å²) in [5, 5.41) is 2.98. The normalized spacial score (nSPS) is 21.1. The number of hydrogen-bond donors (Lipinski definition) is 2. The van der Waals surface area contributed by atoms with Crippen LogP contribution < -0.4 is 20.5 Å². The van der Waals surface area contributed by atoms with E-state index >= 15 is 0 Å². The molecule has 1 aliphatic carbocycles. The molecule has 0 aromatic heterocycles. The Morgan fingerprint density at radius 1 is 1.24 bits per heavy atom. The van der Waals surface area contributed by atoms with E-state index < -0.39 is 0 Å². The Bertz CT molecular complexity index is 519. The van der Waals surface area contributed by atoms with Crippen LogP contribution in [-0.2, 0) is 4.74 Å². The summed E-state index contributed by atoms with van der Waals surface area (Å²) in [5.41, 5.74) is 6.65. The van der Waals surface area contributed by atoms with Gasteiger partial charge in [0.2, 0.25) is 0 Å². The number of methoxy groups -OCH3 is 3. The summed E-state index contributed by atoms with van der Waals surface area (Å²) in [4.78, 5) is 12.5. The van der Waals surface area contributed by atoms with Crippen LogP contribution >= 0.6 is 0 Å².